The summed E-state index contributed by atoms with van der Waals surface area (Å²) >= 11 is 0. The molecule has 0 radical (unpaired) electrons. The van der Waals surface area contributed by atoms with E-state index in [-0.39, 0.29) is 18.3 Å². The summed E-state index contributed by atoms with van der Waals surface area (Å²) in [5, 5.41) is 11.7. The number of hydrogen-bond acceptors (Lipinski definition) is 4. The third-order valence-electron chi connectivity index (χ3n) is 3.19. The van der Waals surface area contributed by atoms with Crippen molar-refractivity contribution < 1.29 is 19.4 Å². The third kappa shape index (κ3) is 2.83. The first-order chi connectivity index (χ1) is 9.09. The van der Waals surface area contributed by atoms with Gasteiger partial charge in [0.2, 0.25) is 5.88 Å². The molecule has 6 nitrogen and oxygen atoms in total. The molecule has 2 N–H and O–H groups in total. The predicted molar refractivity (Wildman–Crippen MR) is 67.0 cm³/mol. The van der Waals surface area contributed by atoms with Crippen LogP contribution in [0.15, 0.2) is 18.3 Å². The molecule has 1 aliphatic rings. The van der Waals surface area contributed by atoms with Crippen molar-refractivity contribution in [1.82, 2.24) is 10.3 Å². The molecule has 1 fully saturated rings. The first-order valence-corrected chi connectivity index (χ1v) is 6.18. The fourth-order valence-corrected chi connectivity index (χ4v) is 1.78. The van der Waals surface area contributed by atoms with Gasteiger partial charge in [-0.1, -0.05) is 0 Å². The highest BCUT2D eigenvalue weighted by atomic mass is 16.5. The van der Waals surface area contributed by atoms with Gasteiger partial charge in [0.15, 0.2) is 0 Å². The molecule has 1 aromatic rings. The molecule has 1 heterocycles. The van der Waals surface area contributed by atoms with Crippen molar-refractivity contribution in [2.75, 3.05) is 13.2 Å². The lowest BCUT2D eigenvalue weighted by atomic mass is 10.1. The van der Waals surface area contributed by atoms with E-state index >= 15 is 0 Å². The minimum Gasteiger partial charge on any atom is -0.481 e. The van der Waals surface area contributed by atoms with Crippen LogP contribution in [0.2, 0.25) is 0 Å². The van der Waals surface area contributed by atoms with Crippen molar-refractivity contribution in [2.24, 2.45) is 5.41 Å². The van der Waals surface area contributed by atoms with Crippen molar-refractivity contribution in [3.63, 3.8) is 0 Å². The Bertz CT molecular complexity index is 497. The average Bonchev–Trinajstić information content (AvgIpc) is 3.18. The number of ether oxygens (including phenoxy) is 1. The molecule has 0 bridgehead atoms. The largest absolute Gasteiger partial charge is 0.481 e. The molecule has 0 aliphatic heterocycles. The highest BCUT2D eigenvalue weighted by Crippen LogP contribution is 2.45. The van der Waals surface area contributed by atoms with Gasteiger partial charge in [0, 0.05) is 12.7 Å². The van der Waals surface area contributed by atoms with Gasteiger partial charge in [-0.2, -0.15) is 0 Å². The van der Waals surface area contributed by atoms with Crippen LogP contribution >= 0.6 is 0 Å². The van der Waals surface area contributed by atoms with Gasteiger partial charge in [-0.05, 0) is 31.9 Å². The summed E-state index contributed by atoms with van der Waals surface area (Å²) in [4.78, 5) is 27.0. The van der Waals surface area contributed by atoms with E-state index in [4.69, 9.17) is 9.84 Å². The zero-order chi connectivity index (χ0) is 13.9. The maximum atomic E-state index is 12.0. The quantitative estimate of drug-likeness (QED) is 0.802. The van der Waals surface area contributed by atoms with Gasteiger partial charge in [0.05, 0.1) is 12.0 Å². The Hall–Kier alpha value is -2.11. The Balaban J connectivity index is 2.02. The van der Waals surface area contributed by atoms with E-state index in [9.17, 15) is 9.59 Å². The molecule has 1 amide bonds. The maximum Gasteiger partial charge on any atom is 0.311 e. The Morgan fingerprint density at radius 3 is 2.84 bits per heavy atom. The minimum atomic E-state index is -0.857. The van der Waals surface area contributed by atoms with Crippen molar-refractivity contribution >= 4 is 11.9 Å². The predicted octanol–water partition coefficient (Wildman–Crippen LogP) is 1.07. The molecular weight excluding hydrogens is 248 g/mol. The third-order valence-corrected chi connectivity index (χ3v) is 3.19. The van der Waals surface area contributed by atoms with Crippen LogP contribution in [0.5, 0.6) is 5.88 Å². The Kier molecular flexibility index (Phi) is 3.69. The molecule has 2 rings (SSSR count). The van der Waals surface area contributed by atoms with Crippen LogP contribution in [-0.2, 0) is 4.79 Å². The van der Waals surface area contributed by atoms with Gasteiger partial charge in [-0.25, -0.2) is 4.98 Å². The average molecular weight is 264 g/mol. The number of nitrogens with one attached hydrogen (secondary N) is 1. The van der Waals surface area contributed by atoms with E-state index < -0.39 is 11.4 Å². The zero-order valence-electron chi connectivity index (χ0n) is 10.7. The van der Waals surface area contributed by atoms with Crippen LogP contribution in [0.1, 0.15) is 30.1 Å². The lowest BCUT2D eigenvalue weighted by molar-refractivity contribution is -0.143. The van der Waals surface area contributed by atoms with Crippen LogP contribution in [0.3, 0.4) is 0 Å². The summed E-state index contributed by atoms with van der Waals surface area (Å²) in [7, 11) is 0. The fourth-order valence-electron chi connectivity index (χ4n) is 1.78. The molecule has 0 aromatic carbocycles. The number of nitrogens with zero attached hydrogens (tertiary/aromatic N) is 1. The molecule has 0 unspecified atom stereocenters. The van der Waals surface area contributed by atoms with Crippen molar-refractivity contribution in [1.29, 1.82) is 0 Å². The summed E-state index contributed by atoms with van der Waals surface area (Å²) in [6, 6.07) is 3.25. The molecule has 0 atom stereocenters. The molecule has 0 spiro atoms. The van der Waals surface area contributed by atoms with Crippen LogP contribution in [0, 0.1) is 5.41 Å². The molecular formula is C13H16N2O4. The fraction of sp³-hybridized carbons (Fsp3) is 0.462. The van der Waals surface area contributed by atoms with Gasteiger partial charge in [-0.3, -0.25) is 9.59 Å². The lowest BCUT2D eigenvalue weighted by Crippen LogP contribution is -2.34. The monoisotopic (exact) mass is 264 g/mol. The number of carboxylic acids is 1. The molecule has 6 heteroatoms. The number of aromatic nitrogens is 1. The summed E-state index contributed by atoms with van der Waals surface area (Å²) in [5.74, 6) is -0.948. The highest BCUT2D eigenvalue weighted by Gasteiger charge is 2.50. The SMILES string of the molecule is CCOc1ncccc1C(=O)NCC1(C(=O)O)CC1. The zero-order valence-corrected chi connectivity index (χ0v) is 10.7. The standard InChI is InChI=1S/C13H16N2O4/c1-2-19-11-9(4-3-7-14-11)10(16)15-8-13(5-6-13)12(17)18/h3-4,7H,2,5-6,8H2,1H3,(H,15,16)(H,17,18). The number of hydrogen-bond donors (Lipinski definition) is 2. The van der Waals surface area contributed by atoms with E-state index in [2.05, 4.69) is 10.3 Å². The van der Waals surface area contributed by atoms with Gasteiger partial charge >= 0.3 is 5.97 Å². The number of aliphatic carboxylic acids is 1. The summed E-state index contributed by atoms with van der Waals surface area (Å²) in [5.41, 5.74) is -0.450. The summed E-state index contributed by atoms with van der Waals surface area (Å²) in [6.07, 6.45) is 2.75. The lowest BCUT2D eigenvalue weighted by Gasteiger charge is -2.12. The summed E-state index contributed by atoms with van der Waals surface area (Å²) in [6.45, 7) is 2.36. The second kappa shape index (κ2) is 5.26. The highest BCUT2D eigenvalue weighted by molar-refractivity contribution is 5.96. The van der Waals surface area contributed by atoms with Gasteiger partial charge in [0.1, 0.15) is 5.56 Å². The Morgan fingerprint density at radius 1 is 1.53 bits per heavy atom. The van der Waals surface area contributed by atoms with E-state index in [1.165, 1.54) is 0 Å². The van der Waals surface area contributed by atoms with Gasteiger partial charge < -0.3 is 15.2 Å². The second-order valence-corrected chi connectivity index (χ2v) is 4.56. The molecule has 1 aromatic heterocycles. The van der Waals surface area contributed by atoms with Crippen LogP contribution in [0.4, 0.5) is 0 Å². The normalized spacial score (nSPS) is 15.6. The number of pyridine rings is 1. The molecule has 102 valence electrons. The van der Waals surface area contributed by atoms with Crippen LogP contribution in [-0.4, -0.2) is 35.1 Å². The first-order valence-electron chi connectivity index (χ1n) is 6.18. The number of amides is 1. The molecule has 0 saturated heterocycles. The van der Waals surface area contributed by atoms with Crippen molar-refractivity contribution in [3.05, 3.63) is 23.9 Å². The summed E-state index contributed by atoms with van der Waals surface area (Å²) < 4.78 is 5.26. The van der Waals surface area contributed by atoms with Crippen LogP contribution in [0.25, 0.3) is 0 Å². The number of carboxylic acid groups (broad SMARTS) is 1. The topological polar surface area (TPSA) is 88.5 Å². The molecule has 1 aliphatic carbocycles. The van der Waals surface area contributed by atoms with Crippen LogP contribution < -0.4 is 10.1 Å². The number of carbonyl (C=O) groups is 2. The van der Waals surface area contributed by atoms with E-state index in [1.807, 2.05) is 0 Å². The Morgan fingerprint density at radius 2 is 2.26 bits per heavy atom. The minimum absolute atomic E-state index is 0.141. The van der Waals surface area contributed by atoms with Crippen molar-refractivity contribution in [2.45, 2.75) is 19.8 Å². The first kappa shape index (κ1) is 13.3. The van der Waals surface area contributed by atoms with Gasteiger partial charge in [-0.15, -0.1) is 0 Å². The second-order valence-electron chi connectivity index (χ2n) is 4.56. The van der Waals surface area contributed by atoms with Crippen molar-refractivity contribution in [3.8, 4) is 5.88 Å². The van der Waals surface area contributed by atoms with Gasteiger partial charge in [0.25, 0.3) is 5.91 Å². The Labute approximate surface area is 110 Å². The van der Waals surface area contributed by atoms with E-state index in [0.717, 1.165) is 0 Å². The number of carbonyl (C=O) groups excluding carboxylic acids is 1. The smallest absolute Gasteiger partial charge is 0.311 e. The number of rotatable bonds is 6. The molecule has 1 saturated carbocycles. The maximum absolute atomic E-state index is 12.0. The molecule has 19 heavy (non-hydrogen) atoms. The van der Waals surface area contributed by atoms with E-state index in [0.29, 0.717) is 25.0 Å². The van der Waals surface area contributed by atoms with E-state index in [1.54, 1.807) is 25.3 Å².